The number of benzene rings is 4. The molecule has 6 aromatic rings. The molecule has 0 atom stereocenters. The summed E-state index contributed by atoms with van der Waals surface area (Å²) in [5.74, 6) is 16.0. The van der Waals surface area contributed by atoms with Crippen LogP contribution < -0.4 is 32.8 Å². The van der Waals surface area contributed by atoms with Gasteiger partial charge in [0.2, 0.25) is 11.8 Å². The molecule has 0 radical (unpaired) electrons. The van der Waals surface area contributed by atoms with Gasteiger partial charge in [-0.2, -0.15) is 0 Å². The number of amides is 5. The quantitative estimate of drug-likeness (QED) is 0.0334. The molecule has 2 aliphatic rings. The molecule has 0 bridgehead atoms. The molecule has 5 amide bonds. The van der Waals surface area contributed by atoms with Crippen LogP contribution in [0.2, 0.25) is 10.0 Å². The van der Waals surface area contributed by atoms with Crippen LogP contribution in [0.15, 0.2) is 109 Å². The number of carboxylic acid groups (broad SMARTS) is 1. The van der Waals surface area contributed by atoms with Crippen LogP contribution in [0, 0.1) is 63.2 Å². The van der Waals surface area contributed by atoms with E-state index in [1.807, 2.05) is 19.3 Å². The molecule has 0 unspecified atom stereocenters. The van der Waals surface area contributed by atoms with Crippen molar-refractivity contribution >= 4 is 70.3 Å². The third-order valence-corrected chi connectivity index (χ3v) is 11.5. The Morgan fingerprint density at radius 1 is 0.549 bits per heavy atom. The summed E-state index contributed by atoms with van der Waals surface area (Å²) < 4.78 is 0. The summed E-state index contributed by atoms with van der Waals surface area (Å²) in [4.78, 5) is 79.2. The van der Waals surface area contributed by atoms with E-state index < -0.39 is 17.8 Å². The fraction of sp³-hybridized carbons (Fsp3) is 0.185. The highest BCUT2D eigenvalue weighted by molar-refractivity contribution is 6.34. The van der Waals surface area contributed by atoms with E-state index in [0.717, 1.165) is 42.4 Å². The normalized spacial score (nSPS) is 12.0. The number of halogens is 2. The number of nitrogens with two attached hydrogens (primary N) is 1. The Morgan fingerprint density at radius 2 is 0.986 bits per heavy atom. The maximum atomic E-state index is 12.6. The molecule has 2 fully saturated rings. The van der Waals surface area contributed by atoms with Gasteiger partial charge in [-0.1, -0.05) is 83.3 Å². The average Bonchev–Trinajstić information content (AvgIpc) is 4.29. The number of rotatable bonds is 8. The standard InChI is InChI=1S/C27H23ClN4O3.C19H16N2O3.C8H9ClN2O/c1-16-6-9-21(26(34)31-32-27(35)24-17(2)4-3-5-22(24)28)14-20(16)10-7-18-8-13-23(29-15-18)30-25(33)19-11-12-19;1-12-2-5-16(19(23)24)10-15(12)6-3-13-4-9-17(20-11-13)21-18(22)14-7-8-14;1-5-3-2-4-6(9)7(5)8(12)11-10/h3-6,8-9,13-15,19H,11-12H2,1-2H3,(H,31,34)(H,32,35)(H,29,30,33);2,4-5,9-11,14H,7-8H2,1H3,(H,23,24)(H,20,21,22);2-4H,10H2,1H3,(H,11,12). The second-order valence-electron chi connectivity index (χ2n) is 16.5. The number of nitrogen functional groups attached to an aromatic ring is 1. The van der Waals surface area contributed by atoms with Crippen LogP contribution in [0.4, 0.5) is 11.6 Å². The Labute approximate surface area is 420 Å². The second kappa shape index (κ2) is 24.3. The monoisotopic (exact) mass is 990 g/mol. The third kappa shape index (κ3) is 15.1. The highest BCUT2D eigenvalue weighted by Gasteiger charge is 2.30. The van der Waals surface area contributed by atoms with E-state index in [1.165, 1.54) is 0 Å². The SMILES string of the molecule is Cc1ccc(C(=O)NNC(=O)c2c(C)cccc2Cl)cc1C#Cc1ccc(NC(=O)C2CC2)nc1.Cc1ccc(C(=O)O)cc1C#Cc1ccc(NC(=O)C2CC2)nc1.Cc1cccc(Cl)c1C(=O)NN. The average molecular weight is 992 g/mol. The van der Waals surface area contributed by atoms with Gasteiger partial charge in [0.25, 0.3) is 17.7 Å². The Kier molecular flexibility index (Phi) is 17.8. The first kappa shape index (κ1) is 52.0. The summed E-state index contributed by atoms with van der Waals surface area (Å²) >= 11 is 11.9. The van der Waals surface area contributed by atoms with Crippen LogP contribution in [0.25, 0.3) is 0 Å². The molecule has 0 aliphatic heterocycles. The van der Waals surface area contributed by atoms with Gasteiger partial charge in [-0.15, -0.1) is 0 Å². The molecule has 360 valence electrons. The number of carbonyl (C=O) groups is 6. The minimum absolute atomic E-state index is 0.000223. The minimum Gasteiger partial charge on any atom is -0.478 e. The number of aryl methyl sites for hydroxylation is 4. The van der Waals surface area contributed by atoms with E-state index in [2.05, 4.69) is 55.1 Å². The lowest BCUT2D eigenvalue weighted by Crippen LogP contribution is -2.42. The Morgan fingerprint density at radius 3 is 1.39 bits per heavy atom. The molecule has 2 aliphatic carbocycles. The zero-order valence-electron chi connectivity index (χ0n) is 39.0. The van der Waals surface area contributed by atoms with Crippen LogP contribution in [-0.4, -0.2) is 50.6 Å². The summed E-state index contributed by atoms with van der Waals surface area (Å²) in [5, 5.41) is 15.3. The fourth-order valence-corrected chi connectivity index (χ4v) is 7.07. The molecule has 15 nitrogen and oxygen atoms in total. The number of hydrogen-bond acceptors (Lipinski definition) is 9. The van der Waals surface area contributed by atoms with Crippen molar-refractivity contribution < 1.29 is 33.9 Å². The summed E-state index contributed by atoms with van der Waals surface area (Å²) in [7, 11) is 0. The summed E-state index contributed by atoms with van der Waals surface area (Å²) in [5.41, 5.74) is 14.2. The Balaban J connectivity index is 0.000000197. The van der Waals surface area contributed by atoms with Gasteiger partial charge >= 0.3 is 5.97 Å². The molecular formula is C54H48Cl2N8O7. The number of nitrogens with zero attached hydrogens (tertiary/aromatic N) is 2. The number of pyridine rings is 2. The van der Waals surface area contributed by atoms with E-state index in [0.29, 0.717) is 66.2 Å². The number of hydrazine groups is 2. The number of aromatic carboxylic acids is 1. The lowest BCUT2D eigenvalue weighted by atomic mass is 10.0. The molecule has 0 saturated heterocycles. The van der Waals surface area contributed by atoms with E-state index >= 15 is 0 Å². The van der Waals surface area contributed by atoms with Gasteiger partial charge in [-0.25, -0.2) is 20.6 Å². The first-order valence-electron chi connectivity index (χ1n) is 22.2. The lowest BCUT2D eigenvalue weighted by Gasteiger charge is -2.11. The van der Waals surface area contributed by atoms with Gasteiger partial charge in [0.1, 0.15) is 11.6 Å². The number of carboxylic acids is 1. The largest absolute Gasteiger partial charge is 0.478 e. The maximum Gasteiger partial charge on any atom is 0.335 e. The number of hydrogen-bond donors (Lipinski definition) is 7. The van der Waals surface area contributed by atoms with Crippen LogP contribution in [0.1, 0.15) is 112 Å². The zero-order chi connectivity index (χ0) is 51.2. The number of aromatic nitrogens is 2. The number of anilines is 2. The predicted molar refractivity (Wildman–Crippen MR) is 271 cm³/mol. The van der Waals surface area contributed by atoms with E-state index in [4.69, 9.17) is 34.2 Å². The van der Waals surface area contributed by atoms with Crippen molar-refractivity contribution in [1.29, 1.82) is 0 Å². The van der Waals surface area contributed by atoms with Crippen molar-refractivity contribution in [2.45, 2.75) is 53.4 Å². The molecule has 8 N–H and O–H groups in total. The molecule has 8 rings (SSSR count). The highest BCUT2D eigenvalue weighted by atomic mass is 35.5. The van der Waals surface area contributed by atoms with Crippen molar-refractivity contribution in [1.82, 2.24) is 26.2 Å². The number of carbonyl (C=O) groups excluding carboxylic acids is 5. The third-order valence-electron chi connectivity index (χ3n) is 10.9. The molecular weight excluding hydrogens is 944 g/mol. The Hall–Kier alpha value is -8.34. The molecule has 2 saturated carbocycles. The van der Waals surface area contributed by atoms with Gasteiger partial charge in [-0.05, 0) is 136 Å². The molecule has 0 spiro atoms. The van der Waals surface area contributed by atoms with Gasteiger partial charge in [0.15, 0.2) is 0 Å². The minimum atomic E-state index is -0.976. The van der Waals surface area contributed by atoms with Gasteiger partial charge in [0.05, 0.1) is 26.7 Å². The first-order chi connectivity index (χ1) is 34.0. The van der Waals surface area contributed by atoms with E-state index in [9.17, 15) is 28.8 Å². The van der Waals surface area contributed by atoms with E-state index in [-0.39, 0.29) is 35.1 Å². The van der Waals surface area contributed by atoms with Crippen molar-refractivity contribution in [3.05, 3.63) is 186 Å². The van der Waals surface area contributed by atoms with Crippen molar-refractivity contribution in [3.63, 3.8) is 0 Å². The fourth-order valence-electron chi connectivity index (χ4n) is 6.46. The van der Waals surface area contributed by atoms with Crippen LogP contribution in [-0.2, 0) is 9.59 Å². The van der Waals surface area contributed by atoms with Crippen LogP contribution in [0.5, 0.6) is 0 Å². The van der Waals surface area contributed by atoms with Crippen LogP contribution in [0.3, 0.4) is 0 Å². The molecule has 17 heteroatoms. The van der Waals surface area contributed by atoms with Crippen molar-refractivity contribution in [3.8, 4) is 23.7 Å². The summed E-state index contributed by atoms with van der Waals surface area (Å²) in [6.45, 7) is 7.34. The second-order valence-corrected chi connectivity index (χ2v) is 17.3. The topological polar surface area (TPSA) is 235 Å². The molecule has 2 aromatic heterocycles. The van der Waals surface area contributed by atoms with Crippen molar-refractivity contribution in [2.24, 2.45) is 17.7 Å². The summed E-state index contributed by atoms with van der Waals surface area (Å²) in [6, 6.07) is 27.3. The maximum absolute atomic E-state index is 12.6. The zero-order valence-corrected chi connectivity index (χ0v) is 40.5. The summed E-state index contributed by atoms with van der Waals surface area (Å²) in [6.07, 6.45) is 6.94. The molecule has 4 aromatic carbocycles. The van der Waals surface area contributed by atoms with Crippen molar-refractivity contribution in [2.75, 3.05) is 10.6 Å². The first-order valence-corrected chi connectivity index (χ1v) is 22.9. The lowest BCUT2D eigenvalue weighted by molar-refractivity contribution is -0.118. The van der Waals surface area contributed by atoms with E-state index in [1.54, 1.807) is 123 Å². The Bertz CT molecular complexity index is 3110. The number of nitrogens with one attached hydrogen (secondary N) is 5. The van der Waals surface area contributed by atoms with Gasteiger partial charge < -0.3 is 15.7 Å². The van der Waals surface area contributed by atoms with Crippen LogP contribution >= 0.6 is 23.2 Å². The highest BCUT2D eigenvalue weighted by Crippen LogP contribution is 2.31. The smallest absolute Gasteiger partial charge is 0.335 e. The predicted octanol–water partition coefficient (Wildman–Crippen LogP) is 8.26. The molecule has 2 heterocycles. The van der Waals surface area contributed by atoms with Gasteiger partial charge in [0, 0.05) is 52.0 Å². The molecule has 71 heavy (non-hydrogen) atoms. The van der Waals surface area contributed by atoms with Gasteiger partial charge in [-0.3, -0.25) is 40.3 Å².